The predicted octanol–water partition coefficient (Wildman–Crippen LogP) is -0.129. The van der Waals surface area contributed by atoms with E-state index in [0.717, 1.165) is 16.5 Å². The van der Waals surface area contributed by atoms with E-state index in [9.17, 15) is 9.59 Å². The fraction of sp³-hybridized carbons (Fsp3) is 0.500. The number of anilines is 1. The van der Waals surface area contributed by atoms with Crippen molar-refractivity contribution in [1.29, 1.82) is 0 Å². The van der Waals surface area contributed by atoms with E-state index in [4.69, 9.17) is 0 Å². The number of fused-ring (bicyclic) bond motifs is 1. The summed E-state index contributed by atoms with van der Waals surface area (Å²) in [6, 6.07) is 0.210. The molecule has 1 aliphatic heterocycles. The Morgan fingerprint density at radius 3 is 2.56 bits per heavy atom. The van der Waals surface area contributed by atoms with E-state index in [0.29, 0.717) is 16.7 Å². The number of hydrogen-bond acceptors (Lipinski definition) is 6. The third kappa shape index (κ3) is 2.03. The van der Waals surface area contributed by atoms with Gasteiger partial charge in [-0.2, -0.15) is 4.40 Å². The summed E-state index contributed by atoms with van der Waals surface area (Å²) in [5.41, 5.74) is -0.699. The monoisotopic (exact) mass is 269 g/mol. The van der Waals surface area contributed by atoms with Crippen molar-refractivity contribution in [3.05, 3.63) is 20.8 Å². The van der Waals surface area contributed by atoms with Gasteiger partial charge >= 0.3 is 5.69 Å². The van der Waals surface area contributed by atoms with Gasteiger partial charge in [0.2, 0.25) is 5.96 Å². The van der Waals surface area contributed by atoms with Gasteiger partial charge in [0.25, 0.3) is 5.56 Å². The summed E-state index contributed by atoms with van der Waals surface area (Å²) >= 11 is 1.07. The van der Waals surface area contributed by atoms with Crippen LogP contribution in [0.3, 0.4) is 0 Å². The van der Waals surface area contributed by atoms with Crippen molar-refractivity contribution in [2.45, 2.75) is 24.8 Å². The van der Waals surface area contributed by atoms with Crippen LogP contribution in [0, 0.1) is 0 Å². The zero-order chi connectivity index (χ0) is 13.4. The fourth-order valence-electron chi connectivity index (χ4n) is 1.60. The van der Waals surface area contributed by atoms with Gasteiger partial charge < -0.3 is 10.6 Å². The standard InChI is InChI=1S/C10H15N5O2S/c1-5(2)11-9-12-7-6(18-13-9)8(16)15(4)10(17)14(7)3/h5H,1-4H3,(H2,11,12,13). The molecule has 2 heterocycles. The van der Waals surface area contributed by atoms with Gasteiger partial charge in [-0.05, 0) is 13.8 Å². The molecule has 1 aromatic heterocycles. The molecule has 0 atom stereocenters. The van der Waals surface area contributed by atoms with Gasteiger partial charge in [-0.25, -0.2) is 4.79 Å². The summed E-state index contributed by atoms with van der Waals surface area (Å²) in [5, 5.41) is 6.07. The molecule has 0 unspecified atom stereocenters. The van der Waals surface area contributed by atoms with Gasteiger partial charge in [-0.1, -0.05) is 0 Å². The van der Waals surface area contributed by atoms with E-state index in [-0.39, 0.29) is 17.3 Å². The molecule has 0 aliphatic carbocycles. The second-order valence-electron chi connectivity index (χ2n) is 4.34. The van der Waals surface area contributed by atoms with Crippen LogP contribution in [-0.2, 0) is 14.1 Å². The van der Waals surface area contributed by atoms with Crippen LogP contribution >= 0.6 is 11.9 Å². The van der Waals surface area contributed by atoms with Gasteiger partial charge in [-0.15, -0.1) is 0 Å². The lowest BCUT2D eigenvalue weighted by Crippen LogP contribution is -2.43. The topological polar surface area (TPSA) is 80.4 Å². The van der Waals surface area contributed by atoms with Crippen LogP contribution in [0.4, 0.5) is 5.82 Å². The van der Waals surface area contributed by atoms with Crippen molar-refractivity contribution in [2.75, 3.05) is 5.32 Å². The molecule has 0 radical (unpaired) electrons. The Kier molecular flexibility index (Phi) is 3.20. The van der Waals surface area contributed by atoms with Gasteiger partial charge in [0, 0.05) is 32.1 Å². The highest BCUT2D eigenvalue weighted by Gasteiger charge is 2.21. The van der Waals surface area contributed by atoms with Crippen molar-refractivity contribution in [2.24, 2.45) is 18.5 Å². The average molecular weight is 269 g/mol. The molecule has 0 amide bonds. The van der Waals surface area contributed by atoms with Crippen molar-refractivity contribution >= 4 is 23.7 Å². The van der Waals surface area contributed by atoms with Crippen LogP contribution < -0.4 is 21.9 Å². The first-order valence-electron chi connectivity index (χ1n) is 5.50. The van der Waals surface area contributed by atoms with Crippen molar-refractivity contribution in [3.8, 4) is 0 Å². The number of guanidine groups is 1. The van der Waals surface area contributed by atoms with E-state index < -0.39 is 0 Å². The highest BCUT2D eigenvalue weighted by Crippen LogP contribution is 2.26. The zero-order valence-corrected chi connectivity index (χ0v) is 11.5. The van der Waals surface area contributed by atoms with Crippen molar-refractivity contribution in [3.63, 3.8) is 0 Å². The number of nitrogens with one attached hydrogen (secondary N) is 2. The Bertz CT molecular complexity index is 628. The number of rotatable bonds is 1. The first-order chi connectivity index (χ1) is 8.41. The highest BCUT2D eigenvalue weighted by atomic mass is 32.2. The van der Waals surface area contributed by atoms with E-state index in [1.54, 1.807) is 7.05 Å². The minimum absolute atomic E-state index is 0.210. The molecule has 0 aromatic carbocycles. The first-order valence-corrected chi connectivity index (χ1v) is 6.27. The van der Waals surface area contributed by atoms with Gasteiger partial charge in [-0.3, -0.25) is 13.9 Å². The molecule has 18 heavy (non-hydrogen) atoms. The Balaban J connectivity index is 2.50. The minimum atomic E-state index is -0.363. The first kappa shape index (κ1) is 12.7. The molecule has 0 spiro atoms. The molecule has 0 saturated heterocycles. The van der Waals surface area contributed by atoms with E-state index in [2.05, 4.69) is 15.0 Å². The van der Waals surface area contributed by atoms with Crippen LogP contribution in [0.25, 0.3) is 0 Å². The largest absolute Gasteiger partial charge is 0.353 e. The summed E-state index contributed by atoms with van der Waals surface area (Å²) in [6.45, 7) is 3.96. The molecular weight excluding hydrogens is 254 g/mol. The summed E-state index contributed by atoms with van der Waals surface area (Å²) in [7, 11) is 3.07. The van der Waals surface area contributed by atoms with Gasteiger partial charge in [0.1, 0.15) is 10.7 Å². The van der Waals surface area contributed by atoms with E-state index in [1.165, 1.54) is 11.6 Å². The number of hydrogen-bond donors (Lipinski definition) is 2. The molecule has 0 fully saturated rings. The maximum Gasteiger partial charge on any atom is 0.332 e. The third-order valence-corrected chi connectivity index (χ3v) is 3.34. The zero-order valence-electron chi connectivity index (χ0n) is 10.6. The minimum Gasteiger partial charge on any atom is -0.353 e. The molecule has 1 aromatic rings. The van der Waals surface area contributed by atoms with Gasteiger partial charge in [0.05, 0.1) is 0 Å². The maximum absolute atomic E-state index is 11.9. The lowest BCUT2D eigenvalue weighted by atomic mass is 10.4. The fourth-order valence-corrected chi connectivity index (χ4v) is 2.37. The predicted molar refractivity (Wildman–Crippen MR) is 72.1 cm³/mol. The molecule has 7 nitrogen and oxygen atoms in total. The smallest absolute Gasteiger partial charge is 0.332 e. The number of aromatic nitrogens is 2. The average Bonchev–Trinajstić information content (AvgIpc) is 2.33. The molecular formula is C10H15N5O2S. The quantitative estimate of drug-likeness (QED) is 0.694. The molecule has 0 saturated carbocycles. The molecule has 0 bridgehead atoms. The molecule has 8 heteroatoms. The van der Waals surface area contributed by atoms with Crippen LogP contribution in [0.1, 0.15) is 13.8 Å². The highest BCUT2D eigenvalue weighted by molar-refractivity contribution is 7.98. The Morgan fingerprint density at radius 1 is 1.28 bits per heavy atom. The molecule has 1 aliphatic rings. The van der Waals surface area contributed by atoms with Gasteiger partial charge in [0.15, 0.2) is 0 Å². The summed E-state index contributed by atoms with van der Waals surface area (Å²) in [6.07, 6.45) is 0. The van der Waals surface area contributed by atoms with Crippen LogP contribution in [-0.4, -0.2) is 21.1 Å². The van der Waals surface area contributed by atoms with Crippen molar-refractivity contribution < 1.29 is 0 Å². The van der Waals surface area contributed by atoms with E-state index >= 15 is 0 Å². The van der Waals surface area contributed by atoms with Crippen LogP contribution in [0.2, 0.25) is 0 Å². The SMILES string of the molecule is CC(C)NC1=NSc2c(n(C)c(=O)n(C)c2=O)N1. The maximum atomic E-state index is 11.9. The van der Waals surface area contributed by atoms with Crippen LogP contribution in [0.5, 0.6) is 0 Å². The normalized spacial score (nSPS) is 13.9. The second-order valence-corrected chi connectivity index (χ2v) is 5.11. The number of nitrogens with zero attached hydrogens (tertiary/aromatic N) is 3. The Labute approximate surface area is 108 Å². The Hall–Kier alpha value is -1.70. The van der Waals surface area contributed by atoms with Crippen molar-refractivity contribution in [1.82, 2.24) is 14.5 Å². The molecule has 98 valence electrons. The molecule has 2 rings (SSSR count). The summed E-state index contributed by atoms with van der Waals surface area (Å²) < 4.78 is 6.64. The van der Waals surface area contributed by atoms with E-state index in [1.807, 2.05) is 13.8 Å². The third-order valence-electron chi connectivity index (χ3n) is 2.51. The van der Waals surface area contributed by atoms with Crippen LogP contribution in [0.15, 0.2) is 18.9 Å². The molecule has 2 N–H and O–H groups in total. The Morgan fingerprint density at radius 2 is 1.94 bits per heavy atom. The lowest BCUT2D eigenvalue weighted by molar-refractivity contribution is 0.667. The summed E-state index contributed by atoms with van der Waals surface area (Å²) in [5.74, 6) is 1.03. The lowest BCUT2D eigenvalue weighted by Gasteiger charge is -2.21. The second kappa shape index (κ2) is 4.52. The summed E-state index contributed by atoms with van der Waals surface area (Å²) in [4.78, 5) is 24.1.